The maximum absolute atomic E-state index is 5.03. The molecule has 3 heteroatoms. The van der Waals surface area contributed by atoms with Crippen molar-refractivity contribution in [2.75, 3.05) is 0 Å². The molecule has 0 bridgehead atoms. The van der Waals surface area contributed by atoms with Crippen molar-refractivity contribution < 1.29 is 0 Å². The number of hydrogen-bond donors (Lipinski definition) is 1. The number of hydrogen-bond acceptors (Lipinski definition) is 2. The highest BCUT2D eigenvalue weighted by Gasteiger charge is 1.99. The minimum Gasteiger partial charge on any atom is -0.334 e. The second kappa shape index (κ2) is 3.26. The molecule has 66 valence electrons. The average molecular weight is 190 g/mol. The zero-order valence-electron chi connectivity index (χ0n) is 7.37. The van der Waals surface area contributed by atoms with Gasteiger partial charge in [-0.3, -0.25) is 0 Å². The summed E-state index contributed by atoms with van der Waals surface area (Å²) in [6, 6.07) is 8.04. The first kappa shape index (κ1) is 8.38. The summed E-state index contributed by atoms with van der Waals surface area (Å²) < 4.78 is 0.565. The van der Waals surface area contributed by atoms with Crippen LogP contribution < -0.4 is 0 Å². The van der Waals surface area contributed by atoms with Gasteiger partial charge in [-0.15, -0.1) is 0 Å². The van der Waals surface area contributed by atoms with Gasteiger partial charge in [0.25, 0.3) is 0 Å². The fraction of sp³-hybridized carbons (Fsp3) is 0.200. The van der Waals surface area contributed by atoms with Crippen LogP contribution in [0.3, 0.4) is 0 Å². The van der Waals surface area contributed by atoms with Gasteiger partial charge in [-0.1, -0.05) is 25.1 Å². The van der Waals surface area contributed by atoms with Gasteiger partial charge in [0.05, 0.1) is 5.52 Å². The molecule has 0 aliphatic rings. The van der Waals surface area contributed by atoms with Crippen LogP contribution in [0.4, 0.5) is 0 Å². The number of rotatable bonds is 1. The van der Waals surface area contributed by atoms with Crippen LogP contribution in [-0.2, 0) is 6.42 Å². The van der Waals surface area contributed by atoms with Gasteiger partial charge in [0.2, 0.25) is 0 Å². The Morgan fingerprint density at radius 3 is 2.92 bits per heavy atom. The molecule has 0 unspecified atom stereocenters. The van der Waals surface area contributed by atoms with Gasteiger partial charge < -0.3 is 4.98 Å². The predicted octanol–water partition coefficient (Wildman–Crippen LogP) is 2.85. The number of benzene rings is 1. The lowest BCUT2D eigenvalue weighted by atomic mass is 10.1. The van der Waals surface area contributed by atoms with Crippen LogP contribution >= 0.6 is 12.2 Å². The number of para-hydroxylation sites is 1. The molecule has 0 radical (unpaired) electrons. The summed E-state index contributed by atoms with van der Waals surface area (Å²) in [6.45, 7) is 2.10. The Hall–Kier alpha value is -1.22. The molecule has 0 spiro atoms. The standard InChI is InChI=1S/C10H10N2S/c1-2-8-7-5-3-4-6-9(7)12-10(13)11-8/h3-6H,2H2,1H3,(H,11,12,13). The Morgan fingerprint density at radius 1 is 1.38 bits per heavy atom. The van der Waals surface area contributed by atoms with Gasteiger partial charge in [-0.25, -0.2) is 4.98 Å². The Bertz CT molecular complexity index is 487. The van der Waals surface area contributed by atoms with E-state index in [0.717, 1.165) is 17.6 Å². The quantitative estimate of drug-likeness (QED) is 0.700. The Kier molecular flexibility index (Phi) is 2.10. The van der Waals surface area contributed by atoms with E-state index in [1.165, 1.54) is 5.39 Å². The molecule has 0 saturated heterocycles. The summed E-state index contributed by atoms with van der Waals surface area (Å²) >= 11 is 5.03. The number of fused-ring (bicyclic) bond motifs is 1. The fourth-order valence-corrected chi connectivity index (χ4v) is 1.66. The first-order valence-electron chi connectivity index (χ1n) is 4.29. The number of aromatic nitrogens is 2. The second-order valence-corrected chi connectivity index (χ2v) is 3.28. The average Bonchev–Trinajstić information content (AvgIpc) is 2.16. The molecule has 0 fully saturated rings. The van der Waals surface area contributed by atoms with Gasteiger partial charge in [0.1, 0.15) is 0 Å². The molecule has 1 N–H and O–H groups in total. The van der Waals surface area contributed by atoms with E-state index in [-0.39, 0.29) is 0 Å². The maximum Gasteiger partial charge on any atom is 0.197 e. The van der Waals surface area contributed by atoms with E-state index in [9.17, 15) is 0 Å². The van der Waals surface area contributed by atoms with Crippen molar-refractivity contribution in [2.45, 2.75) is 13.3 Å². The van der Waals surface area contributed by atoms with E-state index in [0.29, 0.717) is 4.77 Å². The van der Waals surface area contributed by atoms with Crippen LogP contribution in [0.2, 0.25) is 0 Å². The molecule has 0 amide bonds. The Morgan fingerprint density at radius 2 is 2.15 bits per heavy atom. The molecule has 2 rings (SSSR count). The number of aromatic amines is 1. The second-order valence-electron chi connectivity index (χ2n) is 2.89. The molecule has 0 aliphatic carbocycles. The van der Waals surface area contributed by atoms with E-state index in [1.54, 1.807) is 0 Å². The molecular formula is C10H10N2S. The molecule has 13 heavy (non-hydrogen) atoms. The SMILES string of the molecule is CCc1[nH]c(=S)nc2ccccc12. The number of nitrogens with one attached hydrogen (secondary N) is 1. The number of aryl methyl sites for hydroxylation is 1. The highest BCUT2D eigenvalue weighted by atomic mass is 32.1. The van der Waals surface area contributed by atoms with Gasteiger partial charge >= 0.3 is 0 Å². The van der Waals surface area contributed by atoms with Crippen LogP contribution in [0.5, 0.6) is 0 Å². The van der Waals surface area contributed by atoms with Crippen molar-refractivity contribution in [3.8, 4) is 0 Å². The predicted molar refractivity (Wildman–Crippen MR) is 56.3 cm³/mol. The molecule has 1 aromatic heterocycles. The van der Waals surface area contributed by atoms with Crippen LogP contribution in [0.15, 0.2) is 24.3 Å². The van der Waals surface area contributed by atoms with Crippen LogP contribution in [0, 0.1) is 4.77 Å². The number of nitrogens with zero attached hydrogens (tertiary/aromatic N) is 1. The third-order valence-corrected chi connectivity index (χ3v) is 2.26. The normalized spacial score (nSPS) is 10.5. The summed E-state index contributed by atoms with van der Waals surface area (Å²) in [5.74, 6) is 0. The van der Waals surface area contributed by atoms with E-state index in [1.807, 2.05) is 18.2 Å². The maximum atomic E-state index is 5.03. The molecule has 0 aliphatic heterocycles. The molecular weight excluding hydrogens is 180 g/mol. The minimum atomic E-state index is 0.565. The lowest BCUT2D eigenvalue weighted by molar-refractivity contribution is 1.02. The minimum absolute atomic E-state index is 0.565. The molecule has 0 saturated carbocycles. The third-order valence-electron chi connectivity index (χ3n) is 2.06. The summed E-state index contributed by atoms with van der Waals surface area (Å²) in [5.41, 5.74) is 2.14. The fourth-order valence-electron chi connectivity index (χ4n) is 1.44. The van der Waals surface area contributed by atoms with Crippen molar-refractivity contribution >= 4 is 23.1 Å². The van der Waals surface area contributed by atoms with Gasteiger partial charge in [-0.2, -0.15) is 0 Å². The summed E-state index contributed by atoms with van der Waals surface area (Å²) in [6.07, 6.45) is 0.951. The van der Waals surface area contributed by atoms with Crippen molar-refractivity contribution in [1.82, 2.24) is 9.97 Å². The highest BCUT2D eigenvalue weighted by Crippen LogP contribution is 2.14. The van der Waals surface area contributed by atoms with Crippen molar-refractivity contribution in [3.05, 3.63) is 34.7 Å². The molecule has 0 atom stereocenters. The van der Waals surface area contributed by atoms with Crippen LogP contribution in [-0.4, -0.2) is 9.97 Å². The molecule has 2 nitrogen and oxygen atoms in total. The molecule has 1 heterocycles. The van der Waals surface area contributed by atoms with E-state index < -0.39 is 0 Å². The van der Waals surface area contributed by atoms with Crippen LogP contribution in [0.25, 0.3) is 10.9 Å². The number of H-pyrrole nitrogens is 1. The zero-order chi connectivity index (χ0) is 9.26. The van der Waals surface area contributed by atoms with Gasteiger partial charge in [-0.05, 0) is 24.7 Å². The van der Waals surface area contributed by atoms with Gasteiger partial charge in [0.15, 0.2) is 4.77 Å². The Labute approximate surface area is 81.6 Å². The van der Waals surface area contributed by atoms with E-state index in [4.69, 9.17) is 12.2 Å². The van der Waals surface area contributed by atoms with E-state index in [2.05, 4.69) is 23.0 Å². The van der Waals surface area contributed by atoms with Crippen molar-refractivity contribution in [3.63, 3.8) is 0 Å². The topological polar surface area (TPSA) is 28.7 Å². The van der Waals surface area contributed by atoms with Crippen molar-refractivity contribution in [2.24, 2.45) is 0 Å². The first-order chi connectivity index (χ1) is 6.31. The molecule has 1 aromatic carbocycles. The Balaban J connectivity index is 2.89. The third kappa shape index (κ3) is 1.47. The summed E-state index contributed by atoms with van der Waals surface area (Å²) in [4.78, 5) is 7.35. The van der Waals surface area contributed by atoms with E-state index >= 15 is 0 Å². The smallest absolute Gasteiger partial charge is 0.197 e. The van der Waals surface area contributed by atoms with Gasteiger partial charge in [0, 0.05) is 11.1 Å². The van der Waals surface area contributed by atoms with Crippen LogP contribution in [0.1, 0.15) is 12.6 Å². The summed E-state index contributed by atoms with van der Waals surface area (Å²) in [5, 5.41) is 1.17. The van der Waals surface area contributed by atoms with Crippen molar-refractivity contribution in [1.29, 1.82) is 0 Å². The molecule has 2 aromatic rings. The summed E-state index contributed by atoms with van der Waals surface area (Å²) in [7, 11) is 0. The highest BCUT2D eigenvalue weighted by molar-refractivity contribution is 7.71. The zero-order valence-corrected chi connectivity index (χ0v) is 8.19. The largest absolute Gasteiger partial charge is 0.334 e. The monoisotopic (exact) mass is 190 g/mol. The first-order valence-corrected chi connectivity index (χ1v) is 4.70. The lowest BCUT2D eigenvalue weighted by Gasteiger charge is -2.02. The lowest BCUT2D eigenvalue weighted by Crippen LogP contribution is -1.92.